The van der Waals surface area contributed by atoms with Crippen molar-refractivity contribution in [2.75, 3.05) is 0 Å². The summed E-state index contributed by atoms with van der Waals surface area (Å²) in [5.74, 6) is 1.56. The van der Waals surface area contributed by atoms with Crippen molar-refractivity contribution < 1.29 is 24.0 Å². The molecule has 0 radical (unpaired) electrons. The maximum atomic E-state index is 11.2. The Morgan fingerprint density at radius 2 is 2.18 bits per heavy atom. The smallest absolute Gasteiger partial charge is 0.875 e. The molecule has 2 atom stereocenters. The summed E-state index contributed by atoms with van der Waals surface area (Å²) in [4.78, 5) is 0. The molecule has 1 saturated carbocycles. The molecule has 0 spiro atoms. The van der Waals surface area contributed by atoms with E-state index in [1.165, 1.54) is 0 Å². The average Bonchev–Trinajstić information content (AvgIpc) is 1.87. The van der Waals surface area contributed by atoms with Crippen LogP contribution >= 0.6 is 0 Å². The summed E-state index contributed by atoms with van der Waals surface area (Å²) < 4.78 is 0. The minimum Gasteiger partial charge on any atom is -0.875 e. The van der Waals surface area contributed by atoms with Gasteiger partial charge in [0.25, 0.3) is 0 Å². The molecule has 1 fully saturated rings. The molecule has 0 aromatic heterocycles. The van der Waals surface area contributed by atoms with E-state index in [4.69, 9.17) is 0 Å². The zero-order valence-electron chi connectivity index (χ0n) is 7.55. The second-order valence-corrected chi connectivity index (χ2v) is 4.15. The molecular formula is C9H13LiO. The van der Waals surface area contributed by atoms with Gasteiger partial charge in [-0.05, 0) is 30.1 Å². The van der Waals surface area contributed by atoms with Crippen LogP contribution in [0.2, 0.25) is 0 Å². The van der Waals surface area contributed by atoms with Crippen LogP contribution in [0.5, 0.6) is 0 Å². The molecule has 0 heterocycles. The van der Waals surface area contributed by atoms with Gasteiger partial charge >= 0.3 is 18.9 Å². The Balaban J connectivity index is 0.000000605. The van der Waals surface area contributed by atoms with Crippen LogP contribution in [0.15, 0.2) is 11.8 Å². The van der Waals surface area contributed by atoms with E-state index >= 15 is 0 Å². The Labute approximate surface area is 80.0 Å². The Morgan fingerprint density at radius 1 is 1.55 bits per heavy atom. The minimum atomic E-state index is 0. The molecule has 0 aliphatic heterocycles. The van der Waals surface area contributed by atoms with Crippen LogP contribution in [0, 0.1) is 17.3 Å². The van der Waals surface area contributed by atoms with E-state index in [0.29, 0.717) is 17.1 Å². The van der Waals surface area contributed by atoms with Crippen molar-refractivity contribution in [2.45, 2.75) is 26.7 Å². The standard InChI is InChI=1S/C9H14O.Li/c1-9(2)6-3-4-8(10)7(9)5-6;/h4,6-7,10H,3,5H2,1-2H3;/q;+1/p-1/t6-,7-;/m0./s1. The van der Waals surface area contributed by atoms with Gasteiger partial charge in [0.2, 0.25) is 0 Å². The number of hydrogen-bond acceptors (Lipinski definition) is 1. The van der Waals surface area contributed by atoms with Gasteiger partial charge in [-0.15, -0.1) is 5.76 Å². The largest absolute Gasteiger partial charge is 1.00 e. The van der Waals surface area contributed by atoms with Crippen molar-refractivity contribution in [1.29, 1.82) is 0 Å². The van der Waals surface area contributed by atoms with Crippen LogP contribution in [0.4, 0.5) is 0 Å². The second-order valence-electron chi connectivity index (χ2n) is 4.15. The second kappa shape index (κ2) is 2.57. The number of rotatable bonds is 0. The predicted octanol–water partition coefficient (Wildman–Crippen LogP) is -1.70. The molecule has 56 valence electrons. The van der Waals surface area contributed by atoms with E-state index in [2.05, 4.69) is 13.8 Å². The van der Waals surface area contributed by atoms with Gasteiger partial charge in [-0.2, -0.15) is 0 Å². The summed E-state index contributed by atoms with van der Waals surface area (Å²) >= 11 is 0. The van der Waals surface area contributed by atoms with Crippen molar-refractivity contribution in [1.82, 2.24) is 0 Å². The summed E-state index contributed by atoms with van der Waals surface area (Å²) in [6, 6.07) is 0. The van der Waals surface area contributed by atoms with E-state index in [1.54, 1.807) is 0 Å². The molecule has 0 amide bonds. The van der Waals surface area contributed by atoms with Crippen molar-refractivity contribution in [2.24, 2.45) is 17.3 Å². The molecule has 0 unspecified atom stereocenters. The fourth-order valence-corrected chi connectivity index (χ4v) is 2.30. The van der Waals surface area contributed by atoms with Crippen LogP contribution in [0.1, 0.15) is 26.7 Å². The summed E-state index contributed by atoms with van der Waals surface area (Å²) in [6.45, 7) is 4.44. The normalized spacial score (nSPS) is 38.2. The fraction of sp³-hybridized carbons (Fsp3) is 0.778. The molecule has 3 aliphatic carbocycles. The fourth-order valence-electron chi connectivity index (χ4n) is 2.30. The molecule has 0 N–H and O–H groups in total. The van der Waals surface area contributed by atoms with E-state index in [0.717, 1.165) is 18.8 Å². The predicted molar refractivity (Wildman–Crippen MR) is 38.1 cm³/mol. The zero-order chi connectivity index (χ0) is 7.35. The Bertz CT molecular complexity index is 196. The molecule has 0 saturated heterocycles. The maximum absolute atomic E-state index is 11.2. The van der Waals surface area contributed by atoms with Crippen LogP contribution in [0.3, 0.4) is 0 Å². The van der Waals surface area contributed by atoms with Gasteiger partial charge in [-0.25, -0.2) is 0 Å². The number of fused-ring (bicyclic) bond motifs is 1. The Kier molecular flexibility index (Phi) is 2.16. The monoisotopic (exact) mass is 144 g/mol. The first-order chi connectivity index (χ1) is 4.62. The molecule has 0 aromatic rings. The van der Waals surface area contributed by atoms with Crippen LogP contribution < -0.4 is 24.0 Å². The van der Waals surface area contributed by atoms with Crippen molar-refractivity contribution in [3.8, 4) is 0 Å². The zero-order valence-corrected chi connectivity index (χ0v) is 7.55. The first-order valence-electron chi connectivity index (χ1n) is 3.99. The van der Waals surface area contributed by atoms with E-state index in [-0.39, 0.29) is 18.9 Å². The van der Waals surface area contributed by atoms with Crippen molar-refractivity contribution >= 4 is 0 Å². The third kappa shape index (κ3) is 1.06. The van der Waals surface area contributed by atoms with Gasteiger partial charge in [-0.3, -0.25) is 0 Å². The summed E-state index contributed by atoms with van der Waals surface area (Å²) in [5, 5.41) is 11.2. The van der Waals surface area contributed by atoms with Crippen LogP contribution in [0.25, 0.3) is 0 Å². The van der Waals surface area contributed by atoms with Gasteiger partial charge in [0.1, 0.15) is 0 Å². The van der Waals surface area contributed by atoms with Crippen molar-refractivity contribution in [3.63, 3.8) is 0 Å². The van der Waals surface area contributed by atoms with Gasteiger partial charge < -0.3 is 5.11 Å². The molecule has 11 heavy (non-hydrogen) atoms. The quantitative estimate of drug-likeness (QED) is 0.372. The number of hydrogen-bond donors (Lipinski definition) is 0. The molecule has 1 nitrogen and oxygen atoms in total. The van der Waals surface area contributed by atoms with Crippen LogP contribution in [-0.4, -0.2) is 0 Å². The molecule has 0 aromatic carbocycles. The summed E-state index contributed by atoms with van der Waals surface area (Å²) in [6.07, 6.45) is 4.06. The number of allylic oxidation sites excluding steroid dienone is 2. The third-order valence-corrected chi connectivity index (χ3v) is 3.42. The Hall–Kier alpha value is 0.137. The summed E-state index contributed by atoms with van der Waals surface area (Å²) in [5.41, 5.74) is 0.325. The van der Waals surface area contributed by atoms with Gasteiger partial charge in [-0.1, -0.05) is 19.9 Å². The topological polar surface area (TPSA) is 23.1 Å². The van der Waals surface area contributed by atoms with E-state index in [9.17, 15) is 5.11 Å². The molecule has 2 bridgehead atoms. The molecular weight excluding hydrogens is 131 g/mol. The first kappa shape index (κ1) is 9.23. The van der Waals surface area contributed by atoms with Gasteiger partial charge in [0, 0.05) is 0 Å². The summed E-state index contributed by atoms with van der Waals surface area (Å²) in [7, 11) is 0. The van der Waals surface area contributed by atoms with Crippen LogP contribution in [-0.2, 0) is 0 Å². The molecule has 2 heteroatoms. The SMILES string of the molecule is CC1(C)[C@H]2CC=C([O-])[C@@H]1C2.[Li+]. The van der Waals surface area contributed by atoms with Gasteiger partial charge in [0.15, 0.2) is 0 Å². The minimum absolute atomic E-state index is 0. The maximum Gasteiger partial charge on any atom is 1.00 e. The average molecular weight is 144 g/mol. The van der Waals surface area contributed by atoms with E-state index < -0.39 is 0 Å². The molecule has 3 rings (SSSR count). The van der Waals surface area contributed by atoms with Gasteiger partial charge in [0.05, 0.1) is 0 Å². The Morgan fingerprint density at radius 3 is 2.45 bits per heavy atom. The first-order valence-corrected chi connectivity index (χ1v) is 3.99. The molecule has 3 aliphatic rings. The van der Waals surface area contributed by atoms with Crippen molar-refractivity contribution in [3.05, 3.63) is 11.8 Å². The van der Waals surface area contributed by atoms with E-state index in [1.807, 2.05) is 6.08 Å². The third-order valence-electron chi connectivity index (χ3n) is 3.42.